The predicted molar refractivity (Wildman–Crippen MR) is 316 cm³/mol. The molecular formula is C60H65ClFN9O13. The molecule has 0 saturated heterocycles. The second-order valence-electron chi connectivity index (χ2n) is 17.2. The number of benzene rings is 5. The Morgan fingerprint density at radius 2 is 1.12 bits per heavy atom. The van der Waals surface area contributed by atoms with Crippen molar-refractivity contribution in [1.29, 1.82) is 0 Å². The second-order valence-corrected chi connectivity index (χ2v) is 17.6. The van der Waals surface area contributed by atoms with Crippen LogP contribution in [0.4, 0.5) is 4.39 Å². The van der Waals surface area contributed by atoms with Gasteiger partial charge < -0.3 is 52.8 Å². The SMILES string of the molecule is CCC(=O)/C(=N/OC)c1ccccc1CO/N=C(C)/C(=N/OC)C(/C)=N/OC.CCC(=O)/C(=N/OC)c1ccccc1COc1cc(C)ccc1C.CON=C(C1=NOCCO1)c1ccccc1Oc1ncnc(Oc2ccccc2Cl)c1F. The number of aromatic nitrogens is 2. The first-order valence-electron chi connectivity index (χ1n) is 25.9. The molecule has 1 aliphatic rings. The van der Waals surface area contributed by atoms with Gasteiger partial charge in [0.15, 0.2) is 41.0 Å². The van der Waals surface area contributed by atoms with Crippen molar-refractivity contribution >= 4 is 63.3 Å². The molecule has 0 aliphatic carbocycles. The zero-order valence-electron chi connectivity index (χ0n) is 48.4. The van der Waals surface area contributed by atoms with Crippen molar-refractivity contribution in [2.45, 2.75) is 67.6 Å². The quantitative estimate of drug-likeness (QED) is 0.0382. The van der Waals surface area contributed by atoms with Crippen molar-refractivity contribution in [3.8, 4) is 29.0 Å². The molecule has 7 rings (SSSR count). The number of hydrogen-bond donors (Lipinski definition) is 0. The predicted octanol–water partition coefficient (Wildman–Crippen LogP) is 11.7. The van der Waals surface area contributed by atoms with Crippen LogP contribution in [0.1, 0.15) is 79.5 Å². The van der Waals surface area contributed by atoms with Gasteiger partial charge in [0.1, 0.15) is 90.4 Å². The van der Waals surface area contributed by atoms with Gasteiger partial charge in [-0.25, -0.2) is 0 Å². The number of ketones is 2. The fourth-order valence-corrected chi connectivity index (χ4v) is 7.55. The Morgan fingerprint density at radius 1 is 0.595 bits per heavy atom. The Balaban J connectivity index is 0.000000233. The van der Waals surface area contributed by atoms with E-state index < -0.39 is 5.82 Å². The molecule has 0 unspecified atom stereocenters. The largest absolute Gasteiger partial charge is 0.489 e. The number of carbonyl (C=O) groups is 2. The van der Waals surface area contributed by atoms with Gasteiger partial charge >= 0.3 is 0 Å². The van der Waals surface area contributed by atoms with Gasteiger partial charge in [0.25, 0.3) is 17.7 Å². The second kappa shape index (κ2) is 34.5. The van der Waals surface area contributed by atoms with E-state index >= 15 is 4.39 Å². The van der Waals surface area contributed by atoms with Crippen LogP contribution in [0.15, 0.2) is 158 Å². The number of halogens is 2. The van der Waals surface area contributed by atoms with Crippen molar-refractivity contribution in [1.82, 2.24) is 9.97 Å². The third-order valence-corrected chi connectivity index (χ3v) is 11.7. The fraction of sp³-hybridized carbons (Fsp3) is 0.283. The minimum absolute atomic E-state index is 0.0592. The molecule has 0 fully saturated rings. The summed E-state index contributed by atoms with van der Waals surface area (Å²) in [5, 5.41) is 27.7. The first kappa shape index (κ1) is 65.0. The summed E-state index contributed by atoms with van der Waals surface area (Å²) >= 11 is 6.07. The third kappa shape index (κ3) is 18.9. The van der Waals surface area contributed by atoms with Crippen LogP contribution in [-0.2, 0) is 61.4 Å². The number of para-hydroxylation sites is 2. The van der Waals surface area contributed by atoms with Crippen molar-refractivity contribution in [3.63, 3.8) is 0 Å². The highest BCUT2D eigenvalue weighted by Gasteiger charge is 2.25. The lowest BCUT2D eigenvalue weighted by molar-refractivity contribution is -0.113. The standard InChI is InChI=1S/C21H16ClFN4O5.C20H23NO3.C19H26N4O5/c1-28-26-18(21-27-30-11-10-29-21)13-6-2-4-8-15(13)31-19-17(23)20(25-12-24-19)32-16-9-5-3-7-14(16)22;1-5-18(22)20(21-23-4)17-9-7-6-8-16(17)13-24-19-12-14(2)10-11-15(19)3;1-7-17(24)19(23-27-6)16-11-9-8-10-15(16)12-28-21-14(3)18(22-26-5)13(2)20-25-4/h2-9,12H,10-11H2,1H3;6-12H,5,13H2,1-4H3;8-11H,7,12H2,1-6H3/b;21-20+;20-13+,21-14+,22-18+,23-19+. The van der Waals surface area contributed by atoms with Gasteiger partial charge in [-0.05, 0) is 79.9 Å². The van der Waals surface area contributed by atoms with E-state index in [2.05, 4.69) is 52.1 Å². The summed E-state index contributed by atoms with van der Waals surface area (Å²) in [6.45, 7) is 12.1. The molecule has 0 bridgehead atoms. The highest BCUT2D eigenvalue weighted by Crippen LogP contribution is 2.34. The van der Waals surface area contributed by atoms with Crippen LogP contribution in [0.5, 0.6) is 29.0 Å². The summed E-state index contributed by atoms with van der Waals surface area (Å²) in [6.07, 6.45) is 1.79. The molecule has 24 heteroatoms. The number of oxime groups is 7. The van der Waals surface area contributed by atoms with Crippen LogP contribution in [-0.4, -0.2) is 110 Å². The number of rotatable bonds is 25. The topological polar surface area (TPSA) is 248 Å². The molecule has 6 aromatic rings. The molecule has 0 atom stereocenters. The van der Waals surface area contributed by atoms with E-state index in [-0.39, 0.29) is 65.4 Å². The zero-order chi connectivity index (χ0) is 60.8. The van der Waals surface area contributed by atoms with E-state index in [1.807, 2.05) is 75.4 Å². The van der Waals surface area contributed by atoms with E-state index in [4.69, 9.17) is 64.4 Å². The Kier molecular flexibility index (Phi) is 26.7. The molecule has 0 amide bonds. The highest BCUT2D eigenvalue weighted by molar-refractivity contribution is 6.67. The van der Waals surface area contributed by atoms with Gasteiger partial charge in [-0.2, -0.15) is 14.4 Å². The lowest BCUT2D eigenvalue weighted by atomic mass is 9.99. The Morgan fingerprint density at radius 3 is 1.68 bits per heavy atom. The lowest BCUT2D eigenvalue weighted by Crippen LogP contribution is -2.25. The fourth-order valence-electron chi connectivity index (χ4n) is 7.38. The lowest BCUT2D eigenvalue weighted by Gasteiger charge is -2.17. The molecular weight excluding hydrogens is 1110 g/mol. The van der Waals surface area contributed by atoms with Crippen molar-refractivity contribution in [2.24, 2.45) is 36.1 Å². The maximum atomic E-state index is 15.1. The molecule has 442 valence electrons. The maximum Gasteiger partial charge on any atom is 0.280 e. The monoisotopic (exact) mass is 1170 g/mol. The Labute approximate surface area is 491 Å². The molecule has 84 heavy (non-hydrogen) atoms. The summed E-state index contributed by atoms with van der Waals surface area (Å²) in [7, 11) is 7.07. The first-order chi connectivity index (χ1) is 40.7. The summed E-state index contributed by atoms with van der Waals surface area (Å²) < 4.78 is 37.8. The van der Waals surface area contributed by atoms with Gasteiger partial charge in [-0.3, -0.25) is 9.59 Å². The first-order valence-corrected chi connectivity index (χ1v) is 26.3. The molecule has 5 aromatic carbocycles. The molecule has 0 spiro atoms. The number of ether oxygens (including phenoxy) is 4. The maximum absolute atomic E-state index is 15.1. The van der Waals surface area contributed by atoms with Crippen molar-refractivity contribution in [3.05, 3.63) is 171 Å². The van der Waals surface area contributed by atoms with E-state index in [1.54, 1.807) is 75.4 Å². The molecule has 0 saturated carbocycles. The number of hydrogen-bond acceptors (Lipinski definition) is 22. The molecule has 2 heterocycles. The van der Waals surface area contributed by atoms with Crippen molar-refractivity contribution < 1.29 is 66.8 Å². The number of carbonyl (C=O) groups excluding carboxylic acids is 2. The summed E-state index contributed by atoms with van der Waals surface area (Å²) in [6, 6.07) is 34.3. The molecule has 22 nitrogen and oxygen atoms in total. The Bertz CT molecular complexity index is 3410. The number of nitrogens with zero attached hydrogens (tertiary/aromatic N) is 9. The van der Waals surface area contributed by atoms with Crippen LogP contribution in [0, 0.1) is 19.7 Å². The summed E-state index contributed by atoms with van der Waals surface area (Å²) in [5.74, 6) is -0.430. The number of Topliss-reactive ketones (excluding diaryl/α,β-unsaturated/α-hetero) is 2. The minimum atomic E-state index is -0.915. The average molecular weight is 1170 g/mol. The highest BCUT2D eigenvalue weighted by atomic mass is 35.5. The van der Waals surface area contributed by atoms with Crippen LogP contribution < -0.4 is 14.2 Å². The van der Waals surface area contributed by atoms with E-state index in [0.29, 0.717) is 65.1 Å². The van der Waals surface area contributed by atoms with Crippen LogP contribution in [0.2, 0.25) is 5.02 Å². The van der Waals surface area contributed by atoms with Gasteiger partial charge in [-0.1, -0.05) is 141 Å². The van der Waals surface area contributed by atoms with E-state index in [9.17, 15) is 9.59 Å². The summed E-state index contributed by atoms with van der Waals surface area (Å²) in [4.78, 5) is 66.8. The molecule has 1 aromatic heterocycles. The van der Waals surface area contributed by atoms with E-state index in [0.717, 1.165) is 39.9 Å². The van der Waals surface area contributed by atoms with Gasteiger partial charge in [-0.15, -0.1) is 0 Å². The zero-order valence-corrected chi connectivity index (χ0v) is 49.1. The molecule has 0 radical (unpaired) electrons. The summed E-state index contributed by atoms with van der Waals surface area (Å²) in [5.41, 5.74) is 7.75. The van der Waals surface area contributed by atoms with Crippen molar-refractivity contribution in [2.75, 3.05) is 48.8 Å². The minimum Gasteiger partial charge on any atom is -0.489 e. The van der Waals surface area contributed by atoms with Gasteiger partial charge in [0, 0.05) is 29.5 Å². The number of aryl methyl sites for hydroxylation is 2. The van der Waals surface area contributed by atoms with Crippen LogP contribution in [0.3, 0.4) is 0 Å². The third-order valence-electron chi connectivity index (χ3n) is 11.4. The van der Waals surface area contributed by atoms with Crippen LogP contribution >= 0.6 is 11.6 Å². The average Bonchev–Trinajstić information content (AvgIpc) is 3.72. The van der Waals surface area contributed by atoms with Gasteiger partial charge in [0.2, 0.25) is 5.82 Å². The Hall–Kier alpha value is -9.77. The van der Waals surface area contributed by atoms with Gasteiger partial charge in [0.05, 0.1) is 10.6 Å². The van der Waals surface area contributed by atoms with E-state index in [1.165, 1.54) is 35.5 Å². The smallest absolute Gasteiger partial charge is 0.280 e. The molecule has 0 N–H and O–H groups in total. The van der Waals surface area contributed by atoms with Crippen LogP contribution in [0.25, 0.3) is 0 Å². The molecule has 1 aliphatic heterocycles. The normalized spacial score (nSPS) is 12.8.